The van der Waals surface area contributed by atoms with Crippen molar-refractivity contribution in [1.29, 1.82) is 0 Å². The van der Waals surface area contributed by atoms with E-state index in [0.29, 0.717) is 18.1 Å². The van der Waals surface area contributed by atoms with E-state index in [1.165, 1.54) is 11.3 Å². The molecule has 146 valence electrons. The van der Waals surface area contributed by atoms with Gasteiger partial charge in [0, 0.05) is 25.5 Å². The number of anilines is 1. The summed E-state index contributed by atoms with van der Waals surface area (Å²) in [4.78, 5) is 28.8. The molecular formula is C20H22N4O3S. The van der Waals surface area contributed by atoms with Gasteiger partial charge in [-0.1, -0.05) is 0 Å². The maximum atomic E-state index is 12.2. The van der Waals surface area contributed by atoms with Gasteiger partial charge in [0.15, 0.2) is 0 Å². The molecule has 1 aliphatic rings. The van der Waals surface area contributed by atoms with Crippen LogP contribution in [0.1, 0.15) is 34.1 Å². The second-order valence-electron chi connectivity index (χ2n) is 6.68. The fourth-order valence-electron chi connectivity index (χ4n) is 3.43. The van der Waals surface area contributed by atoms with Crippen LogP contribution in [0.25, 0.3) is 10.2 Å². The van der Waals surface area contributed by atoms with E-state index >= 15 is 0 Å². The van der Waals surface area contributed by atoms with Crippen molar-refractivity contribution in [2.75, 3.05) is 24.6 Å². The zero-order valence-corrected chi connectivity index (χ0v) is 16.7. The van der Waals surface area contributed by atoms with Crippen molar-refractivity contribution in [3.8, 4) is 0 Å². The molecule has 0 N–H and O–H groups in total. The second kappa shape index (κ2) is 8.20. The number of aryl methyl sites for hydroxylation is 1. The van der Waals surface area contributed by atoms with Crippen molar-refractivity contribution in [2.45, 2.75) is 33.0 Å². The number of nitrogens with zero attached hydrogens (tertiary/aromatic N) is 4. The van der Waals surface area contributed by atoms with Gasteiger partial charge in [0.05, 0.1) is 24.7 Å². The Morgan fingerprint density at radius 2 is 2.14 bits per heavy atom. The summed E-state index contributed by atoms with van der Waals surface area (Å²) in [6.07, 6.45) is 6.19. The number of carbonyl (C=O) groups excluding carboxylic acids is 1. The van der Waals surface area contributed by atoms with Gasteiger partial charge in [-0.15, -0.1) is 11.3 Å². The number of thiophene rings is 1. The van der Waals surface area contributed by atoms with Crippen LogP contribution in [0, 0.1) is 6.92 Å². The first kappa shape index (κ1) is 18.8. The average molecular weight is 398 g/mol. The average Bonchev–Trinajstić information content (AvgIpc) is 3.32. The summed E-state index contributed by atoms with van der Waals surface area (Å²) < 4.78 is 11.3. The van der Waals surface area contributed by atoms with Gasteiger partial charge < -0.3 is 14.4 Å². The molecule has 0 aromatic carbocycles. The Kier molecular flexibility index (Phi) is 5.50. The molecule has 0 bridgehead atoms. The highest BCUT2D eigenvalue weighted by atomic mass is 32.1. The minimum absolute atomic E-state index is 0.140. The minimum atomic E-state index is -0.297. The van der Waals surface area contributed by atoms with Crippen LogP contribution in [-0.2, 0) is 16.1 Å². The van der Waals surface area contributed by atoms with Gasteiger partial charge in [-0.3, -0.25) is 4.98 Å². The van der Waals surface area contributed by atoms with Crippen LogP contribution in [0.2, 0.25) is 0 Å². The molecular weight excluding hydrogens is 376 g/mol. The van der Waals surface area contributed by atoms with Crippen molar-refractivity contribution >= 4 is 33.3 Å². The van der Waals surface area contributed by atoms with Crippen molar-refractivity contribution in [3.05, 3.63) is 46.9 Å². The summed E-state index contributed by atoms with van der Waals surface area (Å²) in [6, 6.07) is 3.93. The molecule has 0 radical (unpaired) electrons. The number of carbonyl (C=O) groups is 1. The lowest BCUT2D eigenvalue weighted by Crippen LogP contribution is -2.24. The highest BCUT2D eigenvalue weighted by molar-refractivity contribution is 7.20. The van der Waals surface area contributed by atoms with E-state index in [1.807, 2.05) is 26.0 Å². The smallest absolute Gasteiger partial charge is 0.348 e. The van der Waals surface area contributed by atoms with Crippen molar-refractivity contribution in [1.82, 2.24) is 15.0 Å². The van der Waals surface area contributed by atoms with E-state index in [0.717, 1.165) is 46.7 Å². The zero-order chi connectivity index (χ0) is 19.5. The first-order chi connectivity index (χ1) is 13.7. The van der Waals surface area contributed by atoms with E-state index in [9.17, 15) is 4.79 Å². The van der Waals surface area contributed by atoms with Gasteiger partial charge >= 0.3 is 5.97 Å². The number of ether oxygens (including phenoxy) is 2. The number of esters is 1. The summed E-state index contributed by atoms with van der Waals surface area (Å²) in [5.41, 5.74) is 2.00. The van der Waals surface area contributed by atoms with Gasteiger partial charge in [0.2, 0.25) is 0 Å². The lowest BCUT2D eigenvalue weighted by Gasteiger charge is -2.18. The number of hydrogen-bond donors (Lipinski definition) is 0. The summed E-state index contributed by atoms with van der Waals surface area (Å²) >= 11 is 1.36. The Morgan fingerprint density at radius 1 is 1.32 bits per heavy atom. The summed E-state index contributed by atoms with van der Waals surface area (Å²) in [7, 11) is 0. The minimum Gasteiger partial charge on any atom is -0.462 e. The van der Waals surface area contributed by atoms with Gasteiger partial charge in [-0.25, -0.2) is 14.8 Å². The Hall–Kier alpha value is -2.58. The Morgan fingerprint density at radius 3 is 2.93 bits per heavy atom. The molecule has 4 heterocycles. The highest BCUT2D eigenvalue weighted by Crippen LogP contribution is 2.36. The largest absolute Gasteiger partial charge is 0.462 e. The van der Waals surface area contributed by atoms with E-state index < -0.39 is 0 Å². The van der Waals surface area contributed by atoms with E-state index in [1.54, 1.807) is 18.7 Å². The van der Waals surface area contributed by atoms with E-state index in [2.05, 4.69) is 19.9 Å². The first-order valence-corrected chi connectivity index (χ1v) is 10.2. The van der Waals surface area contributed by atoms with Gasteiger partial charge in [-0.2, -0.15) is 0 Å². The molecule has 1 aliphatic heterocycles. The van der Waals surface area contributed by atoms with Crippen LogP contribution in [0.3, 0.4) is 0 Å². The third-order valence-electron chi connectivity index (χ3n) is 4.85. The molecule has 0 spiro atoms. The Bertz CT molecular complexity index is 976. The molecule has 3 aromatic rings. The predicted octanol–water partition coefficient (Wildman–Crippen LogP) is 3.37. The standard InChI is InChI=1S/C20H22N4O3S/c1-3-26-20(25)17-13(2)16-18(22-12-23-19(16)28-17)24-9-6-15(10-24)27-11-14-4-7-21-8-5-14/h4-5,7-8,12,15H,3,6,9-11H2,1-2H3/t15-/m0/s1. The lowest BCUT2D eigenvalue weighted by atomic mass is 10.2. The molecule has 0 amide bonds. The SMILES string of the molecule is CCOC(=O)c1sc2ncnc(N3CC[C@H](OCc4ccncc4)C3)c2c1C. The topological polar surface area (TPSA) is 77.4 Å². The maximum absolute atomic E-state index is 12.2. The highest BCUT2D eigenvalue weighted by Gasteiger charge is 2.28. The fraction of sp³-hybridized carbons (Fsp3) is 0.400. The monoisotopic (exact) mass is 398 g/mol. The number of fused-ring (bicyclic) bond motifs is 1. The quantitative estimate of drug-likeness (QED) is 0.589. The molecule has 0 saturated carbocycles. The van der Waals surface area contributed by atoms with Crippen LogP contribution in [-0.4, -0.2) is 46.7 Å². The van der Waals surface area contributed by atoms with Gasteiger partial charge in [-0.05, 0) is 43.5 Å². The third-order valence-corrected chi connectivity index (χ3v) is 6.03. The second-order valence-corrected chi connectivity index (χ2v) is 7.68. The van der Waals surface area contributed by atoms with Crippen LogP contribution in [0.4, 0.5) is 5.82 Å². The molecule has 1 atom stereocenters. The first-order valence-electron chi connectivity index (χ1n) is 9.34. The fourth-order valence-corrected chi connectivity index (χ4v) is 4.47. The summed E-state index contributed by atoms with van der Waals surface area (Å²) in [6.45, 7) is 6.30. The van der Waals surface area contributed by atoms with Crippen LogP contribution >= 0.6 is 11.3 Å². The van der Waals surface area contributed by atoms with Crippen molar-refractivity contribution in [2.24, 2.45) is 0 Å². The molecule has 1 fully saturated rings. The van der Waals surface area contributed by atoms with Gasteiger partial charge in [0.1, 0.15) is 21.9 Å². The molecule has 1 saturated heterocycles. The molecule has 0 aliphatic carbocycles. The third kappa shape index (κ3) is 3.70. The molecule has 4 rings (SSSR count). The number of aromatic nitrogens is 3. The van der Waals surface area contributed by atoms with E-state index in [4.69, 9.17) is 9.47 Å². The number of rotatable bonds is 6. The molecule has 8 heteroatoms. The lowest BCUT2D eigenvalue weighted by molar-refractivity contribution is 0.0531. The summed E-state index contributed by atoms with van der Waals surface area (Å²) in [5, 5.41) is 0.935. The molecule has 28 heavy (non-hydrogen) atoms. The zero-order valence-electron chi connectivity index (χ0n) is 15.9. The summed E-state index contributed by atoms with van der Waals surface area (Å²) in [5.74, 6) is 0.568. The van der Waals surface area contributed by atoms with Crippen LogP contribution in [0.15, 0.2) is 30.9 Å². The molecule has 3 aromatic heterocycles. The normalized spacial score (nSPS) is 16.6. The Balaban J connectivity index is 1.52. The van der Waals surface area contributed by atoms with Crippen LogP contribution in [0.5, 0.6) is 0 Å². The van der Waals surface area contributed by atoms with E-state index in [-0.39, 0.29) is 12.1 Å². The van der Waals surface area contributed by atoms with Crippen LogP contribution < -0.4 is 4.90 Å². The number of pyridine rings is 1. The number of hydrogen-bond acceptors (Lipinski definition) is 8. The van der Waals surface area contributed by atoms with Gasteiger partial charge in [0.25, 0.3) is 0 Å². The molecule has 0 unspecified atom stereocenters. The van der Waals surface area contributed by atoms with Crippen molar-refractivity contribution in [3.63, 3.8) is 0 Å². The van der Waals surface area contributed by atoms with Crippen molar-refractivity contribution < 1.29 is 14.3 Å². The Labute approximate surface area is 167 Å². The molecule has 7 nitrogen and oxygen atoms in total. The maximum Gasteiger partial charge on any atom is 0.348 e. The predicted molar refractivity (Wildman–Crippen MR) is 108 cm³/mol.